The third-order valence-corrected chi connectivity index (χ3v) is 6.30. The lowest BCUT2D eigenvalue weighted by atomic mass is 10.0. The van der Waals surface area contributed by atoms with Gasteiger partial charge in [0.25, 0.3) is 0 Å². The van der Waals surface area contributed by atoms with Crippen molar-refractivity contribution in [2.75, 3.05) is 12.3 Å². The molecular formula is C27H37N7O5S. The largest absolute Gasteiger partial charge is 0.480 e. The van der Waals surface area contributed by atoms with Crippen LogP contribution in [-0.4, -0.2) is 71.2 Å². The van der Waals surface area contributed by atoms with Crippen molar-refractivity contribution in [2.45, 2.75) is 49.9 Å². The van der Waals surface area contributed by atoms with Gasteiger partial charge in [-0.1, -0.05) is 60.7 Å². The summed E-state index contributed by atoms with van der Waals surface area (Å²) in [6, 6.07) is 13.6. The molecule has 12 nitrogen and oxygen atoms in total. The van der Waals surface area contributed by atoms with E-state index in [0.717, 1.165) is 11.1 Å². The van der Waals surface area contributed by atoms with E-state index in [0.29, 0.717) is 13.0 Å². The maximum Gasteiger partial charge on any atom is 0.327 e. The number of hydrogen-bond donors (Lipinski definition) is 8. The number of nitrogens with one attached hydrogen (secondary N) is 3. The number of nitrogens with zero attached hydrogens (tertiary/aromatic N) is 1. The number of rotatable bonds is 16. The van der Waals surface area contributed by atoms with Gasteiger partial charge in [-0.3, -0.25) is 19.4 Å². The van der Waals surface area contributed by atoms with E-state index in [1.54, 1.807) is 48.5 Å². The van der Waals surface area contributed by atoms with Gasteiger partial charge >= 0.3 is 5.97 Å². The monoisotopic (exact) mass is 571 g/mol. The first-order valence-electron chi connectivity index (χ1n) is 12.7. The molecule has 0 fully saturated rings. The van der Waals surface area contributed by atoms with Crippen molar-refractivity contribution in [1.82, 2.24) is 16.0 Å². The van der Waals surface area contributed by atoms with E-state index in [1.807, 2.05) is 12.1 Å². The maximum atomic E-state index is 13.5. The Morgan fingerprint density at radius 2 is 1.23 bits per heavy atom. The van der Waals surface area contributed by atoms with Crippen LogP contribution in [0.2, 0.25) is 0 Å². The van der Waals surface area contributed by atoms with Crippen molar-refractivity contribution in [2.24, 2.45) is 22.2 Å². The maximum absolute atomic E-state index is 13.5. The molecule has 0 radical (unpaired) electrons. The summed E-state index contributed by atoms with van der Waals surface area (Å²) >= 11 is 3.99. The zero-order valence-corrected chi connectivity index (χ0v) is 22.9. The molecule has 216 valence electrons. The number of carbonyl (C=O) groups excluding carboxylic acids is 3. The molecule has 2 aromatic rings. The van der Waals surface area contributed by atoms with E-state index in [2.05, 4.69) is 33.6 Å². The second-order valence-corrected chi connectivity index (χ2v) is 9.50. The van der Waals surface area contributed by atoms with Crippen LogP contribution in [0.1, 0.15) is 24.0 Å². The van der Waals surface area contributed by atoms with Crippen molar-refractivity contribution in [3.05, 3.63) is 71.8 Å². The first kappa shape index (κ1) is 32.1. The lowest BCUT2D eigenvalue weighted by Crippen LogP contribution is -2.58. The molecule has 0 aliphatic heterocycles. The SMILES string of the molecule is NC(N)=NCCCC(N)C(=O)NC(Cc1ccccc1)C(=O)NC(Cc1ccccc1)C(=O)NC(CS)C(=O)O. The fraction of sp³-hybridized carbons (Fsp3) is 0.370. The second kappa shape index (κ2) is 16.8. The van der Waals surface area contributed by atoms with Gasteiger partial charge < -0.3 is 38.3 Å². The molecule has 10 N–H and O–H groups in total. The van der Waals surface area contributed by atoms with Gasteiger partial charge in [0, 0.05) is 25.1 Å². The Morgan fingerprint density at radius 3 is 1.65 bits per heavy atom. The van der Waals surface area contributed by atoms with Crippen LogP contribution in [0, 0.1) is 0 Å². The Kier molecular flexibility index (Phi) is 13.5. The summed E-state index contributed by atoms with van der Waals surface area (Å²) in [7, 11) is 0. The number of thiol groups is 1. The smallest absolute Gasteiger partial charge is 0.327 e. The summed E-state index contributed by atoms with van der Waals surface area (Å²) in [5.41, 5.74) is 18.2. The number of guanidine groups is 1. The van der Waals surface area contributed by atoms with E-state index in [9.17, 15) is 24.3 Å². The molecule has 13 heteroatoms. The van der Waals surface area contributed by atoms with Gasteiger partial charge in [0.1, 0.15) is 18.1 Å². The topological polar surface area (TPSA) is 215 Å². The van der Waals surface area contributed by atoms with Gasteiger partial charge in [-0.05, 0) is 24.0 Å². The summed E-state index contributed by atoms with van der Waals surface area (Å²) in [4.78, 5) is 54.8. The number of carboxylic acid groups (broad SMARTS) is 1. The van der Waals surface area contributed by atoms with Crippen LogP contribution in [0.25, 0.3) is 0 Å². The Hall–Kier alpha value is -4.10. The average molecular weight is 572 g/mol. The van der Waals surface area contributed by atoms with Crippen LogP contribution in [0.4, 0.5) is 0 Å². The van der Waals surface area contributed by atoms with Crippen molar-refractivity contribution in [3.63, 3.8) is 0 Å². The molecule has 0 saturated heterocycles. The summed E-state index contributed by atoms with van der Waals surface area (Å²) < 4.78 is 0. The van der Waals surface area contributed by atoms with Crippen LogP contribution in [0.3, 0.4) is 0 Å². The summed E-state index contributed by atoms with van der Waals surface area (Å²) in [5, 5.41) is 17.2. The molecule has 4 unspecified atom stereocenters. The molecule has 0 saturated carbocycles. The lowest BCUT2D eigenvalue weighted by molar-refractivity contribution is -0.141. The first-order chi connectivity index (χ1) is 19.1. The molecule has 0 heterocycles. The van der Waals surface area contributed by atoms with Gasteiger partial charge in [-0.25, -0.2) is 4.79 Å². The zero-order chi connectivity index (χ0) is 29.5. The Morgan fingerprint density at radius 1 is 0.775 bits per heavy atom. The van der Waals surface area contributed by atoms with E-state index in [1.165, 1.54) is 0 Å². The summed E-state index contributed by atoms with van der Waals surface area (Å²) in [6.45, 7) is 0.303. The minimum Gasteiger partial charge on any atom is -0.480 e. The summed E-state index contributed by atoms with van der Waals surface area (Å²) in [6.07, 6.45) is 0.958. The molecule has 2 rings (SSSR count). The van der Waals surface area contributed by atoms with Gasteiger partial charge in [-0.2, -0.15) is 12.6 Å². The van der Waals surface area contributed by atoms with Crippen molar-refractivity contribution < 1.29 is 24.3 Å². The van der Waals surface area contributed by atoms with Crippen LogP contribution in [-0.2, 0) is 32.0 Å². The number of benzene rings is 2. The molecule has 0 aliphatic rings. The quantitative estimate of drug-likeness (QED) is 0.0558. The van der Waals surface area contributed by atoms with Crippen LogP contribution in [0.5, 0.6) is 0 Å². The first-order valence-corrected chi connectivity index (χ1v) is 13.4. The van der Waals surface area contributed by atoms with Gasteiger partial charge in [0.05, 0.1) is 6.04 Å². The molecular weight excluding hydrogens is 534 g/mol. The highest BCUT2D eigenvalue weighted by Gasteiger charge is 2.30. The minimum absolute atomic E-state index is 0.0595. The third kappa shape index (κ3) is 11.3. The molecule has 4 atom stereocenters. The fourth-order valence-corrected chi connectivity index (χ4v) is 4.02. The predicted octanol–water partition coefficient (Wildman–Crippen LogP) is -0.678. The van der Waals surface area contributed by atoms with E-state index in [-0.39, 0.29) is 31.0 Å². The van der Waals surface area contributed by atoms with Gasteiger partial charge in [0.15, 0.2) is 5.96 Å². The molecule has 0 bridgehead atoms. The number of amides is 3. The Bertz CT molecular complexity index is 1150. The third-order valence-electron chi connectivity index (χ3n) is 5.93. The number of carboxylic acids is 1. The minimum atomic E-state index is -1.25. The van der Waals surface area contributed by atoms with Gasteiger partial charge in [0.2, 0.25) is 17.7 Å². The number of aliphatic imine (C=N–C) groups is 1. The number of nitrogens with two attached hydrogens (primary N) is 3. The number of hydrogen-bond acceptors (Lipinski definition) is 7. The fourth-order valence-electron chi connectivity index (χ4n) is 3.78. The van der Waals surface area contributed by atoms with Crippen molar-refractivity contribution in [1.29, 1.82) is 0 Å². The Labute approximate surface area is 238 Å². The molecule has 2 aromatic carbocycles. The molecule has 0 aromatic heterocycles. The van der Waals surface area contributed by atoms with Crippen LogP contribution in [0.15, 0.2) is 65.7 Å². The van der Waals surface area contributed by atoms with E-state index >= 15 is 0 Å². The summed E-state index contributed by atoms with van der Waals surface area (Å²) in [5.74, 6) is -3.32. The standard InChI is InChI=1S/C27H37N7O5S/c28-19(12-7-13-31-27(29)30)23(35)32-20(14-17-8-3-1-4-9-17)24(36)33-21(15-18-10-5-2-6-11-18)25(37)34-22(16-40)26(38)39/h1-6,8-11,19-22,40H,7,12-16,28H2,(H,32,35)(H,33,36)(H,34,37)(H,38,39)(H4,29,30,31). The predicted molar refractivity (Wildman–Crippen MR) is 155 cm³/mol. The number of aliphatic carboxylic acids is 1. The highest BCUT2D eigenvalue weighted by atomic mass is 32.1. The Balaban J connectivity index is 2.22. The number of carbonyl (C=O) groups is 4. The molecule has 3 amide bonds. The highest BCUT2D eigenvalue weighted by molar-refractivity contribution is 7.80. The van der Waals surface area contributed by atoms with E-state index < -0.39 is 47.9 Å². The molecule has 0 aliphatic carbocycles. The van der Waals surface area contributed by atoms with Crippen LogP contribution >= 0.6 is 12.6 Å². The second-order valence-electron chi connectivity index (χ2n) is 9.14. The van der Waals surface area contributed by atoms with Crippen molar-refractivity contribution in [3.8, 4) is 0 Å². The lowest BCUT2D eigenvalue weighted by Gasteiger charge is -2.25. The zero-order valence-electron chi connectivity index (χ0n) is 22.0. The molecule has 40 heavy (non-hydrogen) atoms. The highest BCUT2D eigenvalue weighted by Crippen LogP contribution is 2.08. The normalized spacial score (nSPS) is 13.7. The molecule has 0 spiro atoms. The average Bonchev–Trinajstić information content (AvgIpc) is 2.93. The van der Waals surface area contributed by atoms with E-state index in [4.69, 9.17) is 17.2 Å². The van der Waals surface area contributed by atoms with Gasteiger partial charge in [-0.15, -0.1) is 0 Å². The van der Waals surface area contributed by atoms with Crippen LogP contribution < -0.4 is 33.2 Å². The van der Waals surface area contributed by atoms with Crippen molar-refractivity contribution >= 4 is 42.3 Å².